The molecule has 0 bridgehead atoms. The number of carbonyl (C=O) groups excluding carboxylic acids is 1. The molecule has 1 N–H and O–H groups in total. The second-order valence-electron chi connectivity index (χ2n) is 6.46. The molecule has 0 amide bonds. The smallest absolute Gasteiger partial charge is 0.164 e. The molecule has 2 aromatic carbocycles. The molecular weight excluding hydrogens is 357 g/mol. The summed E-state index contributed by atoms with van der Waals surface area (Å²) in [4.78, 5) is 14.7. The second kappa shape index (κ2) is 8.33. The predicted octanol–water partition coefficient (Wildman–Crippen LogP) is 4.76. The lowest BCUT2D eigenvalue weighted by Gasteiger charge is -2.38. The van der Waals surface area contributed by atoms with E-state index in [1.54, 1.807) is 24.3 Å². The van der Waals surface area contributed by atoms with Crippen LogP contribution in [0.4, 0.5) is 0 Å². The van der Waals surface area contributed by atoms with Crippen LogP contribution in [0, 0.1) is 0 Å². The number of aliphatic hydroxyl groups is 1. The van der Waals surface area contributed by atoms with Crippen LogP contribution in [0.15, 0.2) is 48.5 Å². The third kappa shape index (κ3) is 4.83. The average molecular weight is 378 g/mol. The summed E-state index contributed by atoms with van der Waals surface area (Å²) in [6.45, 7) is 1.45. The van der Waals surface area contributed by atoms with E-state index in [-0.39, 0.29) is 17.9 Å². The largest absolute Gasteiger partial charge is 0.393 e. The van der Waals surface area contributed by atoms with Gasteiger partial charge in [-0.05, 0) is 54.8 Å². The number of benzene rings is 2. The highest BCUT2D eigenvalue weighted by molar-refractivity contribution is 6.30. The molecule has 1 fully saturated rings. The van der Waals surface area contributed by atoms with Crippen LogP contribution in [0.3, 0.4) is 0 Å². The number of nitrogens with zero attached hydrogens (tertiary/aromatic N) is 1. The van der Waals surface area contributed by atoms with Crippen molar-refractivity contribution in [2.24, 2.45) is 0 Å². The first-order valence-electron chi connectivity index (χ1n) is 8.49. The zero-order valence-corrected chi connectivity index (χ0v) is 15.4. The molecule has 1 heterocycles. The van der Waals surface area contributed by atoms with Crippen LogP contribution < -0.4 is 0 Å². The first-order valence-corrected chi connectivity index (χ1v) is 9.25. The van der Waals surface area contributed by atoms with E-state index < -0.39 is 0 Å². The molecule has 0 radical (unpaired) electrons. The normalized spacial score (nSPS) is 21.2. The first-order chi connectivity index (χ1) is 12.0. The molecule has 1 saturated heterocycles. The van der Waals surface area contributed by atoms with Crippen molar-refractivity contribution < 1.29 is 9.90 Å². The zero-order chi connectivity index (χ0) is 17.8. The molecule has 0 spiro atoms. The number of aliphatic hydroxyl groups excluding tert-OH is 1. The first kappa shape index (κ1) is 18.4. The molecule has 2 aromatic rings. The van der Waals surface area contributed by atoms with Crippen molar-refractivity contribution in [3.63, 3.8) is 0 Å². The fraction of sp³-hybridized carbons (Fsp3) is 0.350. The van der Waals surface area contributed by atoms with Gasteiger partial charge in [0.15, 0.2) is 5.78 Å². The van der Waals surface area contributed by atoms with E-state index >= 15 is 0 Å². The third-order valence-electron chi connectivity index (χ3n) is 4.73. The highest BCUT2D eigenvalue weighted by Gasteiger charge is 2.28. The molecule has 1 aliphatic heterocycles. The highest BCUT2D eigenvalue weighted by atomic mass is 35.5. The minimum Gasteiger partial charge on any atom is -0.393 e. The van der Waals surface area contributed by atoms with E-state index in [1.807, 2.05) is 24.3 Å². The van der Waals surface area contributed by atoms with E-state index in [9.17, 15) is 9.90 Å². The number of carbonyl (C=O) groups is 1. The quantitative estimate of drug-likeness (QED) is 0.763. The Morgan fingerprint density at radius 1 is 1.04 bits per heavy atom. The van der Waals surface area contributed by atoms with Gasteiger partial charge >= 0.3 is 0 Å². The van der Waals surface area contributed by atoms with Gasteiger partial charge in [0.25, 0.3) is 0 Å². The van der Waals surface area contributed by atoms with E-state index in [0.29, 0.717) is 35.0 Å². The minimum absolute atomic E-state index is 0.109. The van der Waals surface area contributed by atoms with Gasteiger partial charge in [-0.25, -0.2) is 0 Å². The Balaban J connectivity index is 1.67. The number of likely N-dealkylation sites (tertiary alicyclic amines) is 1. The second-order valence-corrected chi connectivity index (χ2v) is 7.33. The maximum Gasteiger partial charge on any atom is 0.164 e. The lowest BCUT2D eigenvalue weighted by molar-refractivity contribution is 0.0399. The summed E-state index contributed by atoms with van der Waals surface area (Å²) >= 11 is 11.9. The Hall–Kier alpha value is -1.39. The number of halogens is 2. The fourth-order valence-electron chi connectivity index (χ4n) is 3.32. The summed E-state index contributed by atoms with van der Waals surface area (Å²) in [5, 5.41) is 11.4. The van der Waals surface area contributed by atoms with Crippen molar-refractivity contribution >= 4 is 29.0 Å². The molecule has 1 aliphatic rings. The summed E-state index contributed by atoms with van der Waals surface area (Å²) < 4.78 is 0. The van der Waals surface area contributed by atoms with E-state index in [1.165, 1.54) is 0 Å². The SMILES string of the molecule is O=C(CCN1CCC(O)CC1c1ccc(Cl)cc1)c1ccc(Cl)cc1. The van der Waals surface area contributed by atoms with Gasteiger partial charge in [-0.2, -0.15) is 0 Å². The van der Waals surface area contributed by atoms with Crippen LogP contribution in [-0.2, 0) is 0 Å². The Morgan fingerprint density at radius 3 is 2.28 bits per heavy atom. The van der Waals surface area contributed by atoms with Gasteiger partial charge < -0.3 is 5.11 Å². The minimum atomic E-state index is -0.302. The van der Waals surface area contributed by atoms with Crippen LogP contribution in [0.2, 0.25) is 10.0 Å². The van der Waals surface area contributed by atoms with Gasteiger partial charge in [-0.3, -0.25) is 9.69 Å². The Labute approximate surface area is 158 Å². The van der Waals surface area contributed by atoms with Crippen molar-refractivity contribution in [3.8, 4) is 0 Å². The van der Waals surface area contributed by atoms with E-state index in [2.05, 4.69) is 4.90 Å². The molecule has 5 heteroatoms. The van der Waals surface area contributed by atoms with Crippen LogP contribution >= 0.6 is 23.2 Å². The topological polar surface area (TPSA) is 40.5 Å². The van der Waals surface area contributed by atoms with Crippen molar-refractivity contribution in [3.05, 3.63) is 69.7 Å². The average Bonchev–Trinajstić information content (AvgIpc) is 2.61. The zero-order valence-electron chi connectivity index (χ0n) is 13.9. The predicted molar refractivity (Wildman–Crippen MR) is 101 cm³/mol. The maximum atomic E-state index is 12.4. The maximum absolute atomic E-state index is 12.4. The Kier molecular flexibility index (Phi) is 6.13. The van der Waals surface area contributed by atoms with Gasteiger partial charge in [0.2, 0.25) is 0 Å². The molecule has 0 aromatic heterocycles. The van der Waals surface area contributed by atoms with Crippen LogP contribution in [0.25, 0.3) is 0 Å². The standard InChI is InChI=1S/C20H21Cl2NO2/c21-16-5-1-14(2-6-16)19-13-18(24)9-11-23(19)12-10-20(25)15-3-7-17(22)8-4-15/h1-8,18-19,24H,9-13H2. The molecule has 0 aliphatic carbocycles. The number of Topliss-reactive ketones (excluding diaryl/α,β-unsaturated/α-hetero) is 1. The van der Waals surface area contributed by atoms with Gasteiger partial charge in [-0.15, -0.1) is 0 Å². The Morgan fingerprint density at radius 2 is 1.64 bits per heavy atom. The van der Waals surface area contributed by atoms with E-state index in [4.69, 9.17) is 23.2 Å². The third-order valence-corrected chi connectivity index (χ3v) is 5.24. The van der Waals surface area contributed by atoms with Gasteiger partial charge in [0.05, 0.1) is 6.10 Å². The Bertz CT molecular complexity index is 715. The monoisotopic (exact) mass is 377 g/mol. The molecule has 25 heavy (non-hydrogen) atoms. The summed E-state index contributed by atoms with van der Waals surface area (Å²) in [6.07, 6.45) is 1.56. The van der Waals surface area contributed by atoms with E-state index in [0.717, 1.165) is 18.5 Å². The lowest BCUT2D eigenvalue weighted by Crippen LogP contribution is -2.39. The van der Waals surface area contributed by atoms with Crippen molar-refractivity contribution in [1.82, 2.24) is 4.90 Å². The highest BCUT2D eigenvalue weighted by Crippen LogP contribution is 2.32. The molecule has 2 unspecified atom stereocenters. The molecule has 3 nitrogen and oxygen atoms in total. The van der Waals surface area contributed by atoms with Crippen molar-refractivity contribution in [2.75, 3.05) is 13.1 Å². The molecule has 132 valence electrons. The summed E-state index contributed by atoms with van der Waals surface area (Å²) in [5.74, 6) is 0.109. The van der Waals surface area contributed by atoms with Gasteiger partial charge in [0, 0.05) is 41.2 Å². The molecular formula is C20H21Cl2NO2. The lowest BCUT2D eigenvalue weighted by atomic mass is 9.93. The number of rotatable bonds is 5. The van der Waals surface area contributed by atoms with Crippen molar-refractivity contribution in [1.29, 1.82) is 0 Å². The summed E-state index contributed by atoms with van der Waals surface area (Å²) in [7, 11) is 0. The summed E-state index contributed by atoms with van der Waals surface area (Å²) in [5.41, 5.74) is 1.81. The fourth-order valence-corrected chi connectivity index (χ4v) is 3.57. The summed E-state index contributed by atoms with van der Waals surface area (Å²) in [6, 6.07) is 14.9. The van der Waals surface area contributed by atoms with Gasteiger partial charge in [0.1, 0.15) is 0 Å². The number of ketones is 1. The number of hydrogen-bond acceptors (Lipinski definition) is 3. The molecule has 0 saturated carbocycles. The van der Waals surface area contributed by atoms with Crippen LogP contribution in [-0.4, -0.2) is 35.0 Å². The van der Waals surface area contributed by atoms with Crippen LogP contribution in [0.5, 0.6) is 0 Å². The molecule has 3 rings (SSSR count). The van der Waals surface area contributed by atoms with Crippen molar-refractivity contribution in [2.45, 2.75) is 31.4 Å². The number of hydrogen-bond donors (Lipinski definition) is 1. The van der Waals surface area contributed by atoms with Gasteiger partial charge in [-0.1, -0.05) is 35.3 Å². The molecule has 2 atom stereocenters. The van der Waals surface area contributed by atoms with Crippen LogP contribution in [0.1, 0.15) is 41.2 Å². The number of piperidine rings is 1.